The van der Waals surface area contributed by atoms with Crippen molar-refractivity contribution >= 4 is 23.2 Å². The number of fused-ring (bicyclic) bond motifs is 3. The van der Waals surface area contributed by atoms with Gasteiger partial charge in [-0.05, 0) is 37.6 Å². The van der Waals surface area contributed by atoms with Crippen LogP contribution >= 0.6 is 11.6 Å². The van der Waals surface area contributed by atoms with Gasteiger partial charge in [0, 0.05) is 12.1 Å². The topological polar surface area (TPSA) is 20.3 Å². The first kappa shape index (κ1) is 17.6. The quantitative estimate of drug-likeness (QED) is 0.706. The van der Waals surface area contributed by atoms with Crippen molar-refractivity contribution < 1.29 is 9.28 Å². The van der Waals surface area contributed by atoms with Gasteiger partial charge in [0.1, 0.15) is 0 Å². The molecule has 1 fully saturated rings. The molecule has 2 aliphatic rings. The number of anilines is 1. The normalized spacial score (nSPS) is 27.2. The number of likely N-dealkylation sites (tertiary alicyclic amines) is 1. The number of likely N-dealkylation sites (N-methyl/N-ethyl adjacent to an activating group) is 1. The van der Waals surface area contributed by atoms with Crippen molar-refractivity contribution in [1.29, 1.82) is 0 Å². The summed E-state index contributed by atoms with van der Waals surface area (Å²) in [5.74, 6) is 0.427. The second-order valence-corrected chi connectivity index (χ2v) is 8.43. The van der Waals surface area contributed by atoms with E-state index in [1.54, 1.807) is 6.07 Å². The van der Waals surface area contributed by atoms with E-state index in [9.17, 15) is 4.79 Å². The Morgan fingerprint density at radius 2 is 2.04 bits per heavy atom. The van der Waals surface area contributed by atoms with Crippen LogP contribution in [0.5, 0.6) is 0 Å². The molecular weight excluding hydrogens is 344 g/mol. The minimum absolute atomic E-state index is 0.0285. The van der Waals surface area contributed by atoms with Crippen LogP contribution in [0.15, 0.2) is 42.5 Å². The van der Waals surface area contributed by atoms with E-state index in [2.05, 4.69) is 39.1 Å². The fourth-order valence-electron chi connectivity index (χ4n) is 4.63. The summed E-state index contributed by atoms with van der Waals surface area (Å²) in [5.41, 5.74) is 4.25. The number of amides is 1. The predicted octanol–water partition coefficient (Wildman–Crippen LogP) is 4.63. The van der Waals surface area contributed by atoms with E-state index in [0.29, 0.717) is 16.5 Å². The first-order chi connectivity index (χ1) is 12.4. The minimum Gasteiger partial charge on any atom is -0.326 e. The first-order valence-corrected chi connectivity index (χ1v) is 9.83. The number of halogens is 1. The number of carbonyl (C=O) groups is 1. The standard InChI is InChI=1S/C22H26ClN2O/c1-4-25(3)12-11-21-18(14-25)17-13-15(2)9-10-20(17)24(21)22(26)16-7-5-6-8-19(16)23/h5-10,13,18,21H,4,11-12,14H2,1-3H3/q+1/t18-,21-,25+/m0/s1. The Morgan fingerprint density at radius 1 is 1.27 bits per heavy atom. The Balaban J connectivity index is 1.79. The lowest BCUT2D eigenvalue weighted by molar-refractivity contribution is -0.913. The molecule has 2 aromatic rings. The highest BCUT2D eigenvalue weighted by Crippen LogP contribution is 2.47. The van der Waals surface area contributed by atoms with Crippen LogP contribution in [0.2, 0.25) is 5.02 Å². The highest BCUT2D eigenvalue weighted by atomic mass is 35.5. The lowest BCUT2D eigenvalue weighted by Crippen LogP contribution is -2.56. The van der Waals surface area contributed by atoms with Crippen LogP contribution in [0.3, 0.4) is 0 Å². The van der Waals surface area contributed by atoms with E-state index in [-0.39, 0.29) is 11.9 Å². The summed E-state index contributed by atoms with van der Waals surface area (Å²) in [7, 11) is 2.34. The second kappa shape index (κ2) is 6.40. The molecule has 0 spiro atoms. The van der Waals surface area contributed by atoms with E-state index in [4.69, 9.17) is 11.6 Å². The smallest absolute Gasteiger partial charge is 0.260 e. The van der Waals surface area contributed by atoms with Crippen LogP contribution in [-0.4, -0.2) is 43.1 Å². The predicted molar refractivity (Wildman–Crippen MR) is 107 cm³/mol. The molecule has 0 saturated carbocycles. The monoisotopic (exact) mass is 369 g/mol. The van der Waals surface area contributed by atoms with Gasteiger partial charge in [0.15, 0.2) is 0 Å². The van der Waals surface area contributed by atoms with Crippen LogP contribution in [0, 0.1) is 6.92 Å². The van der Waals surface area contributed by atoms with Crippen molar-refractivity contribution in [3.8, 4) is 0 Å². The first-order valence-electron chi connectivity index (χ1n) is 9.46. The number of quaternary nitrogens is 1. The van der Waals surface area contributed by atoms with E-state index >= 15 is 0 Å². The van der Waals surface area contributed by atoms with Gasteiger partial charge in [-0.2, -0.15) is 0 Å². The molecule has 1 amide bonds. The van der Waals surface area contributed by atoms with Gasteiger partial charge in [0.2, 0.25) is 0 Å². The fourth-order valence-corrected chi connectivity index (χ4v) is 4.84. The summed E-state index contributed by atoms with van der Waals surface area (Å²) in [6.07, 6.45) is 1.03. The molecule has 2 aromatic carbocycles. The summed E-state index contributed by atoms with van der Waals surface area (Å²) in [6, 6.07) is 14.1. The molecule has 0 bridgehead atoms. The highest BCUT2D eigenvalue weighted by molar-refractivity contribution is 6.34. The maximum Gasteiger partial charge on any atom is 0.260 e. The molecule has 0 unspecified atom stereocenters. The molecule has 4 heteroatoms. The molecule has 0 aromatic heterocycles. The molecule has 26 heavy (non-hydrogen) atoms. The van der Waals surface area contributed by atoms with Gasteiger partial charge < -0.3 is 9.38 Å². The zero-order valence-electron chi connectivity index (χ0n) is 15.7. The molecule has 0 radical (unpaired) electrons. The van der Waals surface area contributed by atoms with E-state index in [1.165, 1.54) is 11.1 Å². The Labute approximate surface area is 160 Å². The largest absolute Gasteiger partial charge is 0.326 e. The summed E-state index contributed by atoms with van der Waals surface area (Å²) in [6.45, 7) is 7.72. The Hall–Kier alpha value is -1.84. The van der Waals surface area contributed by atoms with Gasteiger partial charge in [-0.25, -0.2) is 0 Å². The van der Waals surface area contributed by atoms with Gasteiger partial charge in [-0.15, -0.1) is 0 Å². The van der Waals surface area contributed by atoms with Crippen molar-refractivity contribution in [1.82, 2.24) is 0 Å². The number of hydrogen-bond donors (Lipinski definition) is 0. The number of benzene rings is 2. The summed E-state index contributed by atoms with van der Waals surface area (Å²) in [4.78, 5) is 15.5. The number of hydrogen-bond acceptors (Lipinski definition) is 1. The average molecular weight is 370 g/mol. The molecule has 3 atom stereocenters. The van der Waals surface area contributed by atoms with Crippen LogP contribution < -0.4 is 4.90 Å². The molecule has 3 nitrogen and oxygen atoms in total. The van der Waals surface area contributed by atoms with Crippen molar-refractivity contribution in [3.63, 3.8) is 0 Å². The summed E-state index contributed by atoms with van der Waals surface area (Å²) >= 11 is 6.34. The molecule has 2 heterocycles. The average Bonchev–Trinajstić information content (AvgIpc) is 2.94. The Kier molecular flexibility index (Phi) is 4.32. The highest BCUT2D eigenvalue weighted by Gasteiger charge is 2.48. The number of rotatable bonds is 2. The maximum atomic E-state index is 13.4. The molecular formula is C22H26ClN2O+. The molecule has 2 aliphatic heterocycles. The fraction of sp³-hybridized carbons (Fsp3) is 0.409. The van der Waals surface area contributed by atoms with Crippen molar-refractivity contribution in [2.75, 3.05) is 31.6 Å². The third-order valence-electron chi connectivity index (χ3n) is 6.33. The van der Waals surface area contributed by atoms with Gasteiger partial charge in [-0.3, -0.25) is 4.79 Å². The zero-order chi connectivity index (χ0) is 18.5. The molecule has 0 aliphatic carbocycles. The minimum atomic E-state index is 0.0285. The lowest BCUT2D eigenvalue weighted by Gasteiger charge is -2.43. The van der Waals surface area contributed by atoms with Gasteiger partial charge >= 0.3 is 0 Å². The van der Waals surface area contributed by atoms with E-state index < -0.39 is 0 Å². The number of piperidine rings is 1. The second-order valence-electron chi connectivity index (χ2n) is 8.02. The van der Waals surface area contributed by atoms with Gasteiger partial charge in [0.05, 0.1) is 49.2 Å². The third-order valence-corrected chi connectivity index (χ3v) is 6.66. The SMILES string of the molecule is CC[N@+]1(C)CC[C@H]2[C@@H](C1)c1cc(C)ccc1N2C(=O)c1ccccc1Cl. The lowest BCUT2D eigenvalue weighted by atomic mass is 9.87. The van der Waals surface area contributed by atoms with Gasteiger partial charge in [-0.1, -0.05) is 41.4 Å². The van der Waals surface area contributed by atoms with Crippen molar-refractivity contribution in [3.05, 3.63) is 64.2 Å². The summed E-state index contributed by atoms with van der Waals surface area (Å²) in [5, 5.41) is 0.527. The van der Waals surface area contributed by atoms with Crippen LogP contribution in [0.4, 0.5) is 5.69 Å². The van der Waals surface area contributed by atoms with Crippen LogP contribution in [0.1, 0.15) is 40.7 Å². The van der Waals surface area contributed by atoms with Crippen LogP contribution in [0.25, 0.3) is 0 Å². The Bertz CT molecular complexity index is 865. The number of aryl methyl sites for hydroxylation is 1. The van der Waals surface area contributed by atoms with Crippen molar-refractivity contribution in [2.24, 2.45) is 0 Å². The maximum absolute atomic E-state index is 13.4. The van der Waals surface area contributed by atoms with E-state index in [0.717, 1.165) is 36.2 Å². The van der Waals surface area contributed by atoms with E-state index in [1.807, 2.05) is 23.1 Å². The molecule has 1 saturated heterocycles. The van der Waals surface area contributed by atoms with Crippen LogP contribution in [-0.2, 0) is 0 Å². The Morgan fingerprint density at radius 3 is 2.77 bits per heavy atom. The molecule has 136 valence electrons. The number of carbonyl (C=O) groups excluding carboxylic acids is 1. The summed E-state index contributed by atoms with van der Waals surface area (Å²) < 4.78 is 1.07. The number of nitrogens with zero attached hydrogens (tertiary/aromatic N) is 2. The third kappa shape index (κ3) is 2.74. The van der Waals surface area contributed by atoms with Crippen molar-refractivity contribution in [2.45, 2.75) is 32.2 Å². The van der Waals surface area contributed by atoms with Gasteiger partial charge in [0.25, 0.3) is 5.91 Å². The zero-order valence-corrected chi connectivity index (χ0v) is 16.5. The molecule has 0 N–H and O–H groups in total. The molecule has 4 rings (SSSR count).